The first kappa shape index (κ1) is 25.4. The molecule has 0 radical (unpaired) electrons. The molecule has 2 saturated carbocycles. The minimum Gasteiger partial charge on any atom is -0.421 e. The Bertz CT molecular complexity index is 816. The van der Waals surface area contributed by atoms with E-state index in [0.717, 1.165) is 0 Å². The Balaban J connectivity index is 1.25. The van der Waals surface area contributed by atoms with Crippen molar-refractivity contribution in [1.29, 1.82) is 0 Å². The van der Waals surface area contributed by atoms with Gasteiger partial charge in [-0.1, -0.05) is 6.58 Å². The Labute approximate surface area is 184 Å². The Morgan fingerprint density at radius 3 is 2.24 bits per heavy atom. The highest BCUT2D eigenvalue weighted by Gasteiger charge is 2.42. The Kier molecular flexibility index (Phi) is 8.00. The largest absolute Gasteiger partial charge is 0.522 e. The van der Waals surface area contributed by atoms with E-state index < -0.39 is 30.8 Å². The smallest absolute Gasteiger partial charge is 0.421 e. The lowest BCUT2D eigenvalue weighted by molar-refractivity contribution is -0.355. The molecule has 33 heavy (non-hydrogen) atoms. The SMILES string of the molecule is C=C(CCNC(=O)COC[C@H]1C[C@@H](OC(F)(F)F)C1)c1nnc([C@H]2C[C@@H](OC(F)(F)F)C2)o1. The fourth-order valence-electron chi connectivity index (χ4n) is 3.52. The number of nitrogens with one attached hydrogen (secondary N) is 1. The van der Waals surface area contributed by atoms with Crippen molar-refractivity contribution < 1.29 is 49.8 Å². The highest BCUT2D eigenvalue weighted by Crippen LogP contribution is 2.41. The molecule has 8 nitrogen and oxygen atoms in total. The van der Waals surface area contributed by atoms with Gasteiger partial charge in [-0.25, -0.2) is 0 Å². The van der Waals surface area contributed by atoms with E-state index in [9.17, 15) is 31.1 Å². The summed E-state index contributed by atoms with van der Waals surface area (Å²) in [6.45, 7) is 3.93. The van der Waals surface area contributed by atoms with Crippen LogP contribution in [0.1, 0.15) is 49.8 Å². The molecular weight excluding hydrogens is 464 g/mol. The maximum absolute atomic E-state index is 12.2. The second kappa shape index (κ2) is 10.4. The highest BCUT2D eigenvalue weighted by atomic mass is 19.4. The molecule has 2 aliphatic rings. The third kappa shape index (κ3) is 8.27. The van der Waals surface area contributed by atoms with E-state index in [2.05, 4.69) is 31.6 Å². The van der Waals surface area contributed by atoms with E-state index in [-0.39, 0.29) is 75.5 Å². The van der Waals surface area contributed by atoms with Crippen molar-refractivity contribution in [1.82, 2.24) is 15.5 Å². The molecular formula is C19H23F6N3O5. The van der Waals surface area contributed by atoms with Crippen molar-refractivity contribution in [2.45, 2.75) is 63.0 Å². The van der Waals surface area contributed by atoms with Crippen LogP contribution in [0, 0.1) is 5.92 Å². The molecule has 2 aliphatic carbocycles. The number of aromatic nitrogens is 2. The number of alkyl halides is 6. The van der Waals surface area contributed by atoms with Gasteiger partial charge in [0.1, 0.15) is 6.61 Å². The molecule has 1 N–H and O–H groups in total. The van der Waals surface area contributed by atoms with Gasteiger partial charge in [-0.2, -0.15) is 0 Å². The zero-order valence-electron chi connectivity index (χ0n) is 17.4. The van der Waals surface area contributed by atoms with Crippen LogP contribution in [0.25, 0.3) is 5.57 Å². The first-order valence-corrected chi connectivity index (χ1v) is 10.2. The van der Waals surface area contributed by atoms with E-state index >= 15 is 0 Å². The molecule has 0 atom stereocenters. The van der Waals surface area contributed by atoms with E-state index in [1.54, 1.807) is 0 Å². The van der Waals surface area contributed by atoms with Crippen LogP contribution in [0.5, 0.6) is 0 Å². The zero-order valence-corrected chi connectivity index (χ0v) is 17.4. The Morgan fingerprint density at radius 1 is 1.03 bits per heavy atom. The molecule has 0 spiro atoms. The maximum Gasteiger partial charge on any atom is 0.522 e. The predicted octanol–water partition coefficient (Wildman–Crippen LogP) is 3.70. The van der Waals surface area contributed by atoms with Crippen LogP contribution < -0.4 is 5.32 Å². The molecule has 0 aliphatic heterocycles. The van der Waals surface area contributed by atoms with Crippen LogP contribution in [0.15, 0.2) is 11.0 Å². The Morgan fingerprint density at radius 2 is 1.64 bits per heavy atom. The van der Waals surface area contributed by atoms with Gasteiger partial charge in [-0.15, -0.1) is 36.5 Å². The zero-order chi connectivity index (χ0) is 24.2. The van der Waals surface area contributed by atoms with Crippen molar-refractivity contribution in [3.05, 3.63) is 18.4 Å². The number of halogens is 6. The molecule has 186 valence electrons. The summed E-state index contributed by atoms with van der Waals surface area (Å²) in [7, 11) is 0. The minimum atomic E-state index is -4.68. The van der Waals surface area contributed by atoms with Gasteiger partial charge in [0.25, 0.3) is 0 Å². The number of amides is 1. The summed E-state index contributed by atoms with van der Waals surface area (Å²) in [5, 5.41) is 10.3. The van der Waals surface area contributed by atoms with Crippen LogP contribution in [-0.4, -0.2) is 60.8 Å². The van der Waals surface area contributed by atoms with Crippen LogP contribution in [0.2, 0.25) is 0 Å². The summed E-state index contributed by atoms with van der Waals surface area (Å²) in [6, 6.07) is 0. The van der Waals surface area contributed by atoms with Gasteiger partial charge in [0, 0.05) is 18.0 Å². The number of carbonyl (C=O) groups excluding carboxylic acids is 1. The molecule has 0 bridgehead atoms. The van der Waals surface area contributed by atoms with Crippen LogP contribution in [0.3, 0.4) is 0 Å². The number of carbonyl (C=O) groups is 1. The number of ether oxygens (including phenoxy) is 3. The topological polar surface area (TPSA) is 95.7 Å². The van der Waals surface area contributed by atoms with Gasteiger partial charge in [-0.05, 0) is 38.0 Å². The molecule has 1 aromatic heterocycles. The molecule has 1 heterocycles. The number of hydrogen-bond acceptors (Lipinski definition) is 7. The second-order valence-corrected chi connectivity index (χ2v) is 8.04. The average Bonchev–Trinajstić information content (AvgIpc) is 3.10. The quantitative estimate of drug-likeness (QED) is 0.476. The monoisotopic (exact) mass is 487 g/mol. The van der Waals surface area contributed by atoms with Gasteiger partial charge < -0.3 is 14.5 Å². The fourth-order valence-corrected chi connectivity index (χ4v) is 3.52. The van der Waals surface area contributed by atoms with E-state index in [1.807, 2.05) is 0 Å². The van der Waals surface area contributed by atoms with Gasteiger partial charge >= 0.3 is 12.7 Å². The number of nitrogens with zero attached hydrogens (tertiary/aromatic N) is 2. The summed E-state index contributed by atoms with van der Waals surface area (Å²) in [5.74, 6) is -0.445. The third-order valence-electron chi connectivity index (χ3n) is 5.32. The second-order valence-electron chi connectivity index (χ2n) is 8.04. The summed E-state index contributed by atoms with van der Waals surface area (Å²) < 4.78 is 91.1. The van der Waals surface area contributed by atoms with Gasteiger partial charge in [-0.3, -0.25) is 14.3 Å². The van der Waals surface area contributed by atoms with Crippen molar-refractivity contribution >= 4 is 11.5 Å². The molecule has 2 fully saturated rings. The molecule has 3 rings (SSSR count). The summed E-state index contributed by atoms with van der Waals surface area (Å²) in [4.78, 5) is 11.8. The van der Waals surface area contributed by atoms with Crippen LogP contribution in [0.4, 0.5) is 26.3 Å². The minimum absolute atomic E-state index is 0.0809. The molecule has 1 amide bonds. The lowest BCUT2D eigenvalue weighted by atomic mass is 9.82. The first-order valence-electron chi connectivity index (χ1n) is 10.2. The standard InChI is InChI=1S/C19H23F6N3O5/c1-10(16-27-28-17(31-16)12-6-14(7-12)33-19(23,24)25)2-3-26-15(29)9-30-8-11-4-13(5-11)32-18(20,21)22/h11-14H,1-9H2,(H,26,29)/t11-,12-,13+,14+. The third-order valence-corrected chi connectivity index (χ3v) is 5.32. The summed E-state index contributed by atoms with van der Waals surface area (Å²) >= 11 is 0. The van der Waals surface area contributed by atoms with Crippen LogP contribution >= 0.6 is 0 Å². The molecule has 0 unspecified atom stereocenters. The number of hydrogen-bond donors (Lipinski definition) is 1. The van der Waals surface area contributed by atoms with Gasteiger partial charge in [0.2, 0.25) is 17.7 Å². The predicted molar refractivity (Wildman–Crippen MR) is 98.3 cm³/mol. The maximum atomic E-state index is 12.2. The summed E-state index contributed by atoms with van der Waals surface area (Å²) in [5.41, 5.74) is 0.447. The van der Waals surface area contributed by atoms with Crippen LogP contribution in [-0.2, 0) is 19.0 Å². The normalized spacial score (nSPS) is 25.3. The van der Waals surface area contributed by atoms with Crippen molar-refractivity contribution in [2.75, 3.05) is 19.8 Å². The van der Waals surface area contributed by atoms with Crippen molar-refractivity contribution in [2.24, 2.45) is 5.92 Å². The molecule has 0 saturated heterocycles. The lowest BCUT2D eigenvalue weighted by Gasteiger charge is -2.34. The first-order chi connectivity index (χ1) is 15.4. The molecule has 14 heteroatoms. The Hall–Kier alpha value is -2.19. The summed E-state index contributed by atoms with van der Waals surface area (Å²) in [6.07, 6.45) is -10.1. The van der Waals surface area contributed by atoms with E-state index in [0.29, 0.717) is 5.57 Å². The van der Waals surface area contributed by atoms with Crippen molar-refractivity contribution in [3.63, 3.8) is 0 Å². The van der Waals surface area contributed by atoms with Crippen molar-refractivity contribution in [3.8, 4) is 0 Å². The van der Waals surface area contributed by atoms with Gasteiger partial charge in [0.15, 0.2) is 0 Å². The molecule has 0 aromatic carbocycles. The fraction of sp³-hybridized carbons (Fsp3) is 0.737. The average molecular weight is 487 g/mol. The van der Waals surface area contributed by atoms with E-state index in [1.165, 1.54) is 0 Å². The lowest BCUT2D eigenvalue weighted by Crippen LogP contribution is -2.38. The van der Waals surface area contributed by atoms with E-state index in [4.69, 9.17) is 9.15 Å². The van der Waals surface area contributed by atoms with Gasteiger partial charge in [0.05, 0.1) is 18.8 Å². The highest BCUT2D eigenvalue weighted by molar-refractivity contribution is 5.77. The molecule has 1 aromatic rings. The number of rotatable bonds is 11.